The van der Waals surface area contributed by atoms with Gasteiger partial charge in [0.05, 0.1) is 0 Å². The Morgan fingerprint density at radius 2 is 2.17 bits per heavy atom. The van der Waals surface area contributed by atoms with E-state index in [0.717, 1.165) is 18.3 Å². The summed E-state index contributed by atoms with van der Waals surface area (Å²) in [7, 11) is 0. The lowest BCUT2D eigenvalue weighted by Gasteiger charge is -2.42. The monoisotopic (exact) mass is 309 g/mol. The highest BCUT2D eigenvalue weighted by molar-refractivity contribution is 9.09. The smallest absolute Gasteiger partial charge is 0.0300 e. The molecule has 18 heavy (non-hydrogen) atoms. The zero-order valence-corrected chi connectivity index (χ0v) is 13.3. The van der Waals surface area contributed by atoms with Crippen LogP contribution in [-0.4, -0.2) is 9.81 Å². The van der Waals surface area contributed by atoms with Gasteiger partial charge in [0.15, 0.2) is 0 Å². The Labute approximate surface area is 120 Å². The van der Waals surface area contributed by atoms with E-state index in [-0.39, 0.29) is 0 Å². The summed E-state index contributed by atoms with van der Waals surface area (Å²) in [5, 5.41) is 0. The van der Waals surface area contributed by atoms with Crippen molar-refractivity contribution < 1.29 is 0 Å². The molecule has 3 atom stereocenters. The van der Waals surface area contributed by atoms with E-state index in [1.807, 2.05) is 18.5 Å². The van der Waals surface area contributed by atoms with E-state index in [9.17, 15) is 0 Å². The van der Waals surface area contributed by atoms with Gasteiger partial charge in [-0.25, -0.2) is 0 Å². The van der Waals surface area contributed by atoms with E-state index in [2.05, 4.69) is 47.8 Å². The van der Waals surface area contributed by atoms with Crippen molar-refractivity contribution in [3.05, 3.63) is 30.1 Å². The second-order valence-electron chi connectivity index (χ2n) is 6.57. The molecule has 0 aromatic carbocycles. The molecule has 1 fully saturated rings. The third kappa shape index (κ3) is 3.34. The van der Waals surface area contributed by atoms with E-state index >= 15 is 0 Å². The predicted molar refractivity (Wildman–Crippen MR) is 80.9 cm³/mol. The van der Waals surface area contributed by atoms with Crippen molar-refractivity contribution >= 4 is 15.9 Å². The Hall–Kier alpha value is -0.370. The van der Waals surface area contributed by atoms with Crippen molar-refractivity contribution in [2.45, 2.75) is 51.3 Å². The topological polar surface area (TPSA) is 12.9 Å². The molecule has 2 heteroatoms. The summed E-state index contributed by atoms with van der Waals surface area (Å²) >= 11 is 3.93. The van der Waals surface area contributed by atoms with Crippen LogP contribution in [-0.2, 0) is 6.42 Å². The van der Waals surface area contributed by atoms with Gasteiger partial charge in [0.1, 0.15) is 0 Å². The second kappa shape index (κ2) is 5.73. The number of hydrogen-bond acceptors (Lipinski definition) is 1. The van der Waals surface area contributed by atoms with Crippen molar-refractivity contribution in [3.8, 4) is 0 Å². The number of aromatic nitrogens is 1. The molecule has 0 N–H and O–H groups in total. The zero-order chi connectivity index (χ0) is 13.2. The molecule has 1 aromatic heterocycles. The molecule has 0 aliphatic heterocycles. The first-order valence-corrected chi connectivity index (χ1v) is 7.93. The Kier molecular flexibility index (Phi) is 4.47. The Bertz CT molecular complexity index is 374. The number of rotatable bonds is 3. The molecule has 0 saturated heterocycles. The van der Waals surface area contributed by atoms with Gasteiger partial charge in [0.25, 0.3) is 0 Å². The zero-order valence-electron chi connectivity index (χ0n) is 11.7. The molecule has 1 aliphatic carbocycles. The molecule has 100 valence electrons. The van der Waals surface area contributed by atoms with Gasteiger partial charge in [-0.15, -0.1) is 0 Å². The van der Waals surface area contributed by atoms with Gasteiger partial charge in [-0.3, -0.25) is 4.98 Å². The Balaban J connectivity index is 2.06. The van der Waals surface area contributed by atoms with Crippen molar-refractivity contribution in [1.29, 1.82) is 0 Å². The second-order valence-corrected chi connectivity index (χ2v) is 7.74. The van der Waals surface area contributed by atoms with Crippen LogP contribution < -0.4 is 0 Å². The minimum Gasteiger partial charge on any atom is -0.264 e. The van der Waals surface area contributed by atoms with Crippen molar-refractivity contribution in [3.63, 3.8) is 0 Å². The molecule has 0 spiro atoms. The lowest BCUT2D eigenvalue weighted by molar-refractivity contribution is 0.147. The van der Waals surface area contributed by atoms with Crippen LogP contribution >= 0.6 is 15.9 Å². The Morgan fingerprint density at radius 1 is 1.39 bits per heavy atom. The minimum atomic E-state index is 0.345. The maximum Gasteiger partial charge on any atom is 0.0300 e. The van der Waals surface area contributed by atoms with Crippen LogP contribution in [0.25, 0.3) is 0 Å². The number of alkyl halides is 1. The van der Waals surface area contributed by atoms with Gasteiger partial charge < -0.3 is 0 Å². The van der Waals surface area contributed by atoms with Crippen LogP contribution in [0.1, 0.15) is 45.6 Å². The predicted octanol–water partition coefficient (Wildman–Crippen LogP) is 4.85. The van der Waals surface area contributed by atoms with Gasteiger partial charge in [-0.05, 0) is 48.1 Å². The normalized spacial score (nSPS) is 29.2. The van der Waals surface area contributed by atoms with E-state index in [1.165, 1.54) is 24.8 Å². The maximum absolute atomic E-state index is 4.23. The number of nitrogens with zero attached hydrogens (tertiary/aromatic N) is 1. The third-order valence-corrected chi connectivity index (χ3v) is 5.43. The SMILES string of the molecule is CC1CCC(C(C)(C)Cc2cccnc2)C(Br)C1. The van der Waals surface area contributed by atoms with E-state index < -0.39 is 0 Å². The summed E-state index contributed by atoms with van der Waals surface area (Å²) in [5.74, 6) is 1.65. The van der Waals surface area contributed by atoms with Crippen LogP contribution in [0.2, 0.25) is 0 Å². The van der Waals surface area contributed by atoms with Gasteiger partial charge in [-0.1, -0.05) is 49.2 Å². The van der Waals surface area contributed by atoms with Crippen LogP contribution in [0.3, 0.4) is 0 Å². The average molecular weight is 310 g/mol. The average Bonchev–Trinajstić information content (AvgIpc) is 2.29. The molecular weight excluding hydrogens is 286 g/mol. The minimum absolute atomic E-state index is 0.345. The molecule has 1 nitrogen and oxygen atoms in total. The fourth-order valence-electron chi connectivity index (χ4n) is 3.35. The number of pyridine rings is 1. The summed E-state index contributed by atoms with van der Waals surface area (Å²) in [6, 6.07) is 4.24. The van der Waals surface area contributed by atoms with E-state index in [4.69, 9.17) is 0 Å². The van der Waals surface area contributed by atoms with Gasteiger partial charge in [-0.2, -0.15) is 0 Å². The highest BCUT2D eigenvalue weighted by Crippen LogP contribution is 2.45. The summed E-state index contributed by atoms with van der Waals surface area (Å²) in [4.78, 5) is 4.91. The lowest BCUT2D eigenvalue weighted by atomic mass is 9.66. The van der Waals surface area contributed by atoms with Crippen LogP contribution in [0, 0.1) is 17.3 Å². The molecule has 1 saturated carbocycles. The van der Waals surface area contributed by atoms with E-state index in [0.29, 0.717) is 10.2 Å². The van der Waals surface area contributed by atoms with Crippen LogP contribution in [0.4, 0.5) is 0 Å². The van der Waals surface area contributed by atoms with Gasteiger partial charge in [0, 0.05) is 17.2 Å². The molecular formula is C16H24BrN. The highest BCUT2D eigenvalue weighted by Gasteiger charge is 2.37. The third-order valence-electron chi connectivity index (χ3n) is 4.42. The molecule has 0 radical (unpaired) electrons. The largest absolute Gasteiger partial charge is 0.264 e. The molecule has 1 aromatic rings. The number of halogens is 1. The molecule has 1 heterocycles. The summed E-state index contributed by atoms with van der Waals surface area (Å²) in [5.41, 5.74) is 1.71. The lowest BCUT2D eigenvalue weighted by Crippen LogP contribution is -2.37. The van der Waals surface area contributed by atoms with Gasteiger partial charge >= 0.3 is 0 Å². The molecule has 0 amide bonds. The number of hydrogen-bond donors (Lipinski definition) is 0. The Morgan fingerprint density at radius 3 is 2.78 bits per heavy atom. The van der Waals surface area contributed by atoms with Crippen molar-refractivity contribution in [2.24, 2.45) is 17.3 Å². The summed E-state index contributed by atoms with van der Waals surface area (Å²) < 4.78 is 0. The molecule has 0 bridgehead atoms. The molecule has 3 unspecified atom stereocenters. The van der Waals surface area contributed by atoms with Crippen molar-refractivity contribution in [2.75, 3.05) is 0 Å². The first-order chi connectivity index (χ1) is 8.49. The maximum atomic E-state index is 4.23. The van der Waals surface area contributed by atoms with E-state index in [1.54, 1.807) is 0 Å². The fourth-order valence-corrected chi connectivity index (χ4v) is 4.97. The first-order valence-electron chi connectivity index (χ1n) is 7.02. The standard InChI is InChI=1S/C16H24BrN/c1-12-6-7-14(15(17)9-12)16(2,3)10-13-5-4-8-18-11-13/h4-5,8,11-12,14-15H,6-7,9-10H2,1-3H3. The fraction of sp³-hybridized carbons (Fsp3) is 0.688. The molecule has 2 rings (SSSR count). The summed E-state index contributed by atoms with van der Waals surface area (Å²) in [6.45, 7) is 7.20. The van der Waals surface area contributed by atoms with Crippen LogP contribution in [0.5, 0.6) is 0 Å². The highest BCUT2D eigenvalue weighted by atomic mass is 79.9. The van der Waals surface area contributed by atoms with Crippen LogP contribution in [0.15, 0.2) is 24.5 Å². The summed E-state index contributed by atoms with van der Waals surface area (Å²) in [6.07, 6.45) is 9.04. The quantitative estimate of drug-likeness (QED) is 0.727. The van der Waals surface area contributed by atoms with Crippen molar-refractivity contribution in [1.82, 2.24) is 4.98 Å². The molecule has 1 aliphatic rings. The van der Waals surface area contributed by atoms with Gasteiger partial charge in [0.2, 0.25) is 0 Å². The first kappa shape index (κ1) is 14.0.